The van der Waals surface area contributed by atoms with Gasteiger partial charge in [-0.15, -0.1) is 0 Å². The first-order valence-electron chi connectivity index (χ1n) is 9.22. The zero-order chi connectivity index (χ0) is 20.6. The van der Waals surface area contributed by atoms with Gasteiger partial charge in [-0.05, 0) is 72.6 Å². The lowest BCUT2D eigenvalue weighted by atomic mass is 10.2. The van der Waals surface area contributed by atoms with Crippen molar-refractivity contribution in [2.75, 3.05) is 18.1 Å². The molecule has 0 atom stereocenters. The van der Waals surface area contributed by atoms with E-state index in [9.17, 15) is 4.79 Å². The van der Waals surface area contributed by atoms with Crippen LogP contribution in [0.3, 0.4) is 0 Å². The van der Waals surface area contributed by atoms with E-state index in [1.807, 2.05) is 48.5 Å². The van der Waals surface area contributed by atoms with Gasteiger partial charge in [-0.25, -0.2) is 4.79 Å². The number of hydrogen-bond donors (Lipinski definition) is 1. The Morgan fingerprint density at radius 1 is 0.862 bits per heavy atom. The van der Waals surface area contributed by atoms with Crippen molar-refractivity contribution in [3.8, 4) is 5.75 Å². The van der Waals surface area contributed by atoms with Gasteiger partial charge in [0.15, 0.2) is 0 Å². The molecule has 150 valence electrons. The molecule has 0 bridgehead atoms. The summed E-state index contributed by atoms with van der Waals surface area (Å²) in [6.45, 7) is 2.06. The summed E-state index contributed by atoms with van der Waals surface area (Å²) in [5, 5.41) is 10.4. The average Bonchev–Trinajstić information content (AvgIpc) is 2.73. The summed E-state index contributed by atoms with van der Waals surface area (Å²) >= 11 is 12.0. The van der Waals surface area contributed by atoms with Gasteiger partial charge in [0.05, 0.1) is 12.2 Å². The Balaban J connectivity index is 1.59. The first-order valence-corrected chi connectivity index (χ1v) is 9.98. The number of aromatic carboxylic acids is 1. The number of carboxylic acid groups (broad SMARTS) is 1. The van der Waals surface area contributed by atoms with Crippen LogP contribution in [0.25, 0.3) is 0 Å². The van der Waals surface area contributed by atoms with Crippen LogP contribution in [0.4, 0.5) is 5.69 Å². The van der Waals surface area contributed by atoms with Crippen molar-refractivity contribution in [2.45, 2.75) is 13.0 Å². The van der Waals surface area contributed by atoms with Gasteiger partial charge in [0.1, 0.15) is 5.75 Å². The van der Waals surface area contributed by atoms with Crippen LogP contribution in [0, 0.1) is 0 Å². The van der Waals surface area contributed by atoms with Gasteiger partial charge in [0, 0.05) is 28.8 Å². The Morgan fingerprint density at radius 3 is 2.03 bits per heavy atom. The molecule has 4 nitrogen and oxygen atoms in total. The van der Waals surface area contributed by atoms with E-state index in [1.54, 1.807) is 12.1 Å². The minimum atomic E-state index is -0.947. The third-order valence-electron chi connectivity index (χ3n) is 4.42. The van der Waals surface area contributed by atoms with E-state index >= 15 is 0 Å². The number of benzene rings is 3. The molecule has 0 aliphatic carbocycles. The normalized spacial score (nSPS) is 10.6. The Hall–Kier alpha value is -2.69. The van der Waals surface area contributed by atoms with Crippen molar-refractivity contribution < 1.29 is 14.6 Å². The molecule has 0 spiro atoms. The van der Waals surface area contributed by atoms with Crippen LogP contribution in [0.5, 0.6) is 5.75 Å². The molecular weight excluding hydrogens is 409 g/mol. The van der Waals surface area contributed by atoms with Crippen LogP contribution in [0.1, 0.15) is 22.3 Å². The van der Waals surface area contributed by atoms with E-state index in [2.05, 4.69) is 4.90 Å². The number of halogens is 2. The third-order valence-corrected chi connectivity index (χ3v) is 4.92. The van der Waals surface area contributed by atoms with Gasteiger partial charge in [-0.1, -0.05) is 35.3 Å². The Bertz CT molecular complexity index is 926. The van der Waals surface area contributed by atoms with Crippen molar-refractivity contribution in [1.82, 2.24) is 0 Å². The van der Waals surface area contributed by atoms with Crippen molar-refractivity contribution in [3.63, 3.8) is 0 Å². The van der Waals surface area contributed by atoms with Crippen LogP contribution >= 0.6 is 23.2 Å². The summed E-state index contributed by atoms with van der Waals surface area (Å²) in [7, 11) is 0. The molecule has 0 amide bonds. The lowest BCUT2D eigenvalue weighted by molar-refractivity contribution is 0.0697. The van der Waals surface area contributed by atoms with Crippen molar-refractivity contribution >= 4 is 34.9 Å². The number of anilines is 1. The van der Waals surface area contributed by atoms with E-state index in [-0.39, 0.29) is 5.56 Å². The average molecular weight is 430 g/mol. The smallest absolute Gasteiger partial charge is 0.335 e. The van der Waals surface area contributed by atoms with Crippen molar-refractivity contribution in [2.24, 2.45) is 0 Å². The van der Waals surface area contributed by atoms with Gasteiger partial charge in [0.2, 0.25) is 0 Å². The second-order valence-electron chi connectivity index (χ2n) is 6.56. The Kier molecular flexibility index (Phi) is 7.39. The highest BCUT2D eigenvalue weighted by atomic mass is 35.5. The second-order valence-corrected chi connectivity index (χ2v) is 7.43. The fraction of sp³-hybridized carbons (Fsp3) is 0.174. The quantitative estimate of drug-likeness (QED) is 0.413. The van der Waals surface area contributed by atoms with Gasteiger partial charge in [-0.2, -0.15) is 0 Å². The van der Waals surface area contributed by atoms with Crippen LogP contribution in [-0.4, -0.2) is 24.2 Å². The third kappa shape index (κ3) is 6.41. The highest BCUT2D eigenvalue weighted by Crippen LogP contribution is 2.21. The molecule has 0 unspecified atom stereocenters. The summed E-state index contributed by atoms with van der Waals surface area (Å²) in [4.78, 5) is 13.2. The van der Waals surface area contributed by atoms with Crippen LogP contribution in [0.15, 0.2) is 72.8 Å². The van der Waals surface area contributed by atoms with Gasteiger partial charge >= 0.3 is 5.97 Å². The zero-order valence-electron chi connectivity index (χ0n) is 15.7. The SMILES string of the molecule is O=C(O)c1ccc(OCCCN(Cc2ccc(Cl)cc2)c2ccc(Cl)cc2)cc1. The maximum Gasteiger partial charge on any atom is 0.335 e. The molecule has 0 aliphatic heterocycles. The Morgan fingerprint density at radius 2 is 1.45 bits per heavy atom. The molecule has 3 aromatic carbocycles. The van der Waals surface area contributed by atoms with Crippen LogP contribution in [0.2, 0.25) is 10.0 Å². The van der Waals surface area contributed by atoms with Crippen molar-refractivity contribution in [3.05, 3.63) is 94.0 Å². The van der Waals surface area contributed by atoms with Gasteiger partial charge in [-0.3, -0.25) is 0 Å². The van der Waals surface area contributed by atoms with E-state index in [1.165, 1.54) is 12.1 Å². The molecule has 0 aliphatic rings. The summed E-state index contributed by atoms with van der Waals surface area (Å²) < 4.78 is 5.75. The summed E-state index contributed by atoms with van der Waals surface area (Å²) in [6.07, 6.45) is 0.802. The maximum absolute atomic E-state index is 10.9. The maximum atomic E-state index is 10.9. The second kappa shape index (κ2) is 10.2. The van der Waals surface area contributed by atoms with Crippen molar-refractivity contribution in [1.29, 1.82) is 0 Å². The summed E-state index contributed by atoms with van der Waals surface area (Å²) in [5.74, 6) is -0.289. The standard InChI is InChI=1S/C23H21Cl2NO3/c24-19-6-2-17(3-7-19)16-26(21-10-8-20(25)9-11-21)14-1-15-29-22-12-4-18(5-13-22)23(27)28/h2-13H,1,14-16H2,(H,27,28). The summed E-state index contributed by atoms with van der Waals surface area (Å²) in [6, 6.07) is 22.0. The first-order chi connectivity index (χ1) is 14.0. The number of hydrogen-bond acceptors (Lipinski definition) is 3. The fourth-order valence-electron chi connectivity index (χ4n) is 2.90. The van der Waals surface area contributed by atoms with E-state index in [4.69, 9.17) is 33.0 Å². The minimum Gasteiger partial charge on any atom is -0.494 e. The molecular formula is C23H21Cl2NO3. The minimum absolute atomic E-state index is 0.245. The Labute approximate surface area is 180 Å². The fourth-order valence-corrected chi connectivity index (χ4v) is 3.15. The number of rotatable bonds is 9. The van der Waals surface area contributed by atoms with Crippen LogP contribution < -0.4 is 9.64 Å². The highest BCUT2D eigenvalue weighted by molar-refractivity contribution is 6.30. The molecule has 3 aromatic rings. The van der Waals surface area contributed by atoms with Gasteiger partial charge < -0.3 is 14.7 Å². The molecule has 29 heavy (non-hydrogen) atoms. The predicted molar refractivity (Wildman–Crippen MR) is 117 cm³/mol. The molecule has 3 rings (SSSR count). The van der Waals surface area contributed by atoms with E-state index in [0.717, 1.165) is 30.8 Å². The monoisotopic (exact) mass is 429 g/mol. The molecule has 0 fully saturated rings. The molecule has 1 N–H and O–H groups in total. The molecule has 0 heterocycles. The lowest BCUT2D eigenvalue weighted by Gasteiger charge is -2.25. The number of carboxylic acids is 1. The predicted octanol–water partition coefficient (Wildman–Crippen LogP) is 6.17. The molecule has 6 heteroatoms. The van der Waals surface area contributed by atoms with Gasteiger partial charge in [0.25, 0.3) is 0 Å². The van der Waals surface area contributed by atoms with E-state index in [0.29, 0.717) is 22.4 Å². The lowest BCUT2D eigenvalue weighted by Crippen LogP contribution is -2.25. The number of carbonyl (C=O) groups is 1. The summed E-state index contributed by atoms with van der Waals surface area (Å²) in [5.41, 5.74) is 2.49. The molecule has 0 radical (unpaired) electrons. The zero-order valence-corrected chi connectivity index (χ0v) is 17.2. The van der Waals surface area contributed by atoms with E-state index < -0.39 is 5.97 Å². The highest BCUT2D eigenvalue weighted by Gasteiger charge is 2.09. The largest absolute Gasteiger partial charge is 0.494 e. The first kappa shape index (κ1) is 21.0. The molecule has 0 saturated carbocycles. The van der Waals surface area contributed by atoms with Crippen LogP contribution in [-0.2, 0) is 6.54 Å². The molecule has 0 saturated heterocycles. The number of nitrogens with zero attached hydrogens (tertiary/aromatic N) is 1. The topological polar surface area (TPSA) is 49.8 Å². The molecule has 0 aromatic heterocycles. The number of ether oxygens (including phenoxy) is 1.